The van der Waals surface area contributed by atoms with Crippen LogP contribution in [0.1, 0.15) is 66.4 Å². The molecule has 6 atom stereocenters. The van der Waals surface area contributed by atoms with E-state index in [-0.39, 0.29) is 28.8 Å². The van der Waals surface area contributed by atoms with Crippen molar-refractivity contribution in [2.45, 2.75) is 104 Å². The number of alkyl carbamates (subject to hydrolysis) is 1. The smallest absolute Gasteiger partial charge is 0.407 e. The summed E-state index contributed by atoms with van der Waals surface area (Å²) in [5.41, 5.74) is 5.87. The Morgan fingerprint density at radius 3 is 2.09 bits per heavy atom. The number of carbonyl (C=O) groups is 5. The third kappa shape index (κ3) is 13.8. The second-order valence-electron chi connectivity index (χ2n) is 11.7. The van der Waals surface area contributed by atoms with Crippen LogP contribution in [0.5, 0.6) is 0 Å². The van der Waals surface area contributed by atoms with Gasteiger partial charge < -0.3 is 42.0 Å². The lowest BCUT2D eigenvalue weighted by Gasteiger charge is -2.30. The number of nitrogens with two attached hydrogens (primary N) is 1. The van der Waals surface area contributed by atoms with E-state index in [0.29, 0.717) is 12.1 Å². The number of ether oxygens (including phenoxy) is 1. The minimum atomic E-state index is -2.12. The summed E-state index contributed by atoms with van der Waals surface area (Å²) < 4.78 is 5.34. The molecule has 8 N–H and O–H groups in total. The van der Waals surface area contributed by atoms with E-state index in [0.717, 1.165) is 12.8 Å². The standard InChI is InChI=1S/C30H47Cl2N5O8/c1-7-8-11-34-30(44)45-25(16(4)5)29(43)36-21(14-18-9-10-19(31)20(32)13-18)23(38)24(39)28(42)35-17(6)27(41)37-22(26(33)40)12-15(2)3/h9-10,13,15-17,21-25,38-39H,7-8,11-12,14H2,1-6H3,(H2,33,40)(H,34,44)(H,35,42)(H,36,43)(H,37,41). The first kappa shape index (κ1) is 39.9. The molecule has 0 radical (unpaired) electrons. The number of hydrogen-bond donors (Lipinski definition) is 7. The fourth-order valence-electron chi connectivity index (χ4n) is 4.21. The van der Waals surface area contributed by atoms with Gasteiger partial charge in [0, 0.05) is 6.54 Å². The lowest BCUT2D eigenvalue weighted by Crippen LogP contribution is -2.58. The van der Waals surface area contributed by atoms with Crippen LogP contribution in [0.15, 0.2) is 18.2 Å². The summed E-state index contributed by atoms with van der Waals surface area (Å²) in [4.78, 5) is 62.9. The van der Waals surface area contributed by atoms with Gasteiger partial charge in [-0.3, -0.25) is 19.2 Å². The molecule has 15 heteroatoms. The number of nitrogens with one attached hydrogen (secondary N) is 4. The molecule has 45 heavy (non-hydrogen) atoms. The number of halogens is 2. The van der Waals surface area contributed by atoms with Gasteiger partial charge in [0.2, 0.25) is 11.8 Å². The predicted octanol–water partition coefficient (Wildman–Crippen LogP) is 1.81. The highest BCUT2D eigenvalue weighted by Gasteiger charge is 2.36. The maximum absolute atomic E-state index is 13.3. The van der Waals surface area contributed by atoms with Crippen LogP contribution >= 0.6 is 23.2 Å². The maximum Gasteiger partial charge on any atom is 0.407 e. The molecule has 0 aliphatic carbocycles. The van der Waals surface area contributed by atoms with Crippen molar-refractivity contribution in [3.05, 3.63) is 33.8 Å². The van der Waals surface area contributed by atoms with Crippen molar-refractivity contribution in [1.29, 1.82) is 0 Å². The van der Waals surface area contributed by atoms with Crippen molar-refractivity contribution in [1.82, 2.24) is 21.3 Å². The third-order valence-electron chi connectivity index (χ3n) is 6.79. The largest absolute Gasteiger partial charge is 0.436 e. The first-order chi connectivity index (χ1) is 21.0. The van der Waals surface area contributed by atoms with Gasteiger partial charge in [-0.1, -0.05) is 70.3 Å². The van der Waals surface area contributed by atoms with Gasteiger partial charge in [-0.05, 0) is 55.7 Å². The molecule has 0 saturated carbocycles. The van der Waals surface area contributed by atoms with Crippen LogP contribution < -0.4 is 27.0 Å². The molecule has 0 fully saturated rings. The summed E-state index contributed by atoms with van der Waals surface area (Å²) in [5, 5.41) is 32.3. The number of hydrogen-bond acceptors (Lipinski definition) is 8. The summed E-state index contributed by atoms with van der Waals surface area (Å²) in [7, 11) is 0. The van der Waals surface area contributed by atoms with Crippen LogP contribution in [-0.2, 0) is 30.3 Å². The van der Waals surface area contributed by atoms with Gasteiger partial charge in [-0.25, -0.2) is 4.79 Å². The predicted molar refractivity (Wildman–Crippen MR) is 170 cm³/mol. The van der Waals surface area contributed by atoms with E-state index in [9.17, 15) is 34.2 Å². The fourth-order valence-corrected chi connectivity index (χ4v) is 4.53. The number of aliphatic hydroxyl groups is 2. The van der Waals surface area contributed by atoms with E-state index >= 15 is 0 Å². The van der Waals surface area contributed by atoms with E-state index < -0.39 is 72.1 Å². The number of carbonyl (C=O) groups excluding carboxylic acids is 5. The Bertz CT molecular complexity index is 1170. The molecule has 0 bridgehead atoms. The number of aliphatic hydroxyl groups excluding tert-OH is 2. The lowest BCUT2D eigenvalue weighted by atomic mass is 9.96. The second-order valence-corrected chi connectivity index (χ2v) is 12.5. The van der Waals surface area contributed by atoms with Crippen LogP contribution in [-0.4, -0.2) is 82.9 Å². The molecule has 1 aromatic rings. The summed E-state index contributed by atoms with van der Waals surface area (Å²) in [6.07, 6.45) is -4.36. The number of primary amides is 1. The molecule has 6 unspecified atom stereocenters. The minimum Gasteiger partial charge on any atom is -0.436 e. The highest BCUT2D eigenvalue weighted by Crippen LogP contribution is 2.24. The fraction of sp³-hybridized carbons (Fsp3) is 0.633. The number of benzene rings is 1. The van der Waals surface area contributed by atoms with Crippen molar-refractivity contribution in [3.63, 3.8) is 0 Å². The van der Waals surface area contributed by atoms with Crippen LogP contribution in [0.2, 0.25) is 10.0 Å². The van der Waals surface area contributed by atoms with Crippen LogP contribution in [0.25, 0.3) is 0 Å². The van der Waals surface area contributed by atoms with Gasteiger partial charge >= 0.3 is 6.09 Å². The van der Waals surface area contributed by atoms with Crippen LogP contribution in [0.4, 0.5) is 4.79 Å². The summed E-state index contributed by atoms with van der Waals surface area (Å²) in [6, 6.07) is 1.11. The Balaban J connectivity index is 3.14. The Morgan fingerprint density at radius 1 is 0.911 bits per heavy atom. The lowest BCUT2D eigenvalue weighted by molar-refractivity contribution is -0.142. The molecule has 0 aromatic heterocycles. The molecule has 1 rings (SSSR count). The van der Waals surface area contributed by atoms with E-state index in [1.807, 2.05) is 20.8 Å². The zero-order valence-corrected chi connectivity index (χ0v) is 28.1. The van der Waals surface area contributed by atoms with Crippen LogP contribution in [0, 0.1) is 11.8 Å². The van der Waals surface area contributed by atoms with Crippen molar-refractivity contribution in [2.24, 2.45) is 17.6 Å². The Labute approximate surface area is 274 Å². The molecule has 254 valence electrons. The molecule has 1 aromatic carbocycles. The van der Waals surface area contributed by atoms with Gasteiger partial charge in [-0.15, -0.1) is 0 Å². The topological polar surface area (TPSA) is 209 Å². The molecule has 0 aliphatic rings. The van der Waals surface area contributed by atoms with Crippen molar-refractivity contribution >= 4 is 52.9 Å². The summed E-state index contributed by atoms with van der Waals surface area (Å²) in [6.45, 7) is 10.6. The molecule has 13 nitrogen and oxygen atoms in total. The van der Waals surface area contributed by atoms with Gasteiger partial charge in [0.25, 0.3) is 11.8 Å². The molecule has 0 aliphatic heterocycles. The minimum absolute atomic E-state index is 0.0449. The Kier molecular flexibility index (Phi) is 17.2. The Morgan fingerprint density at radius 2 is 1.56 bits per heavy atom. The van der Waals surface area contributed by atoms with Gasteiger partial charge in [-0.2, -0.15) is 0 Å². The van der Waals surface area contributed by atoms with Crippen molar-refractivity contribution in [2.75, 3.05) is 6.54 Å². The quantitative estimate of drug-likeness (QED) is 0.114. The zero-order valence-electron chi connectivity index (χ0n) is 26.6. The molecule has 5 amide bonds. The average Bonchev–Trinajstić information content (AvgIpc) is 2.95. The second kappa shape index (κ2) is 19.4. The van der Waals surface area contributed by atoms with Crippen molar-refractivity contribution in [3.8, 4) is 0 Å². The van der Waals surface area contributed by atoms with Crippen molar-refractivity contribution < 1.29 is 38.9 Å². The normalized spacial score (nSPS) is 15.3. The summed E-state index contributed by atoms with van der Waals surface area (Å²) in [5.74, 6) is -3.80. The van der Waals surface area contributed by atoms with Gasteiger partial charge in [0.1, 0.15) is 18.2 Å². The zero-order chi connectivity index (χ0) is 34.4. The first-order valence-corrected chi connectivity index (χ1v) is 15.7. The van der Waals surface area contributed by atoms with E-state index in [1.54, 1.807) is 19.9 Å². The summed E-state index contributed by atoms with van der Waals surface area (Å²) >= 11 is 12.2. The SMILES string of the molecule is CCCCNC(=O)OC(C(=O)NC(Cc1ccc(Cl)c(Cl)c1)C(O)C(O)C(=O)NC(C)C(=O)NC(CC(C)C)C(N)=O)C(C)C. The number of amides is 5. The number of unbranched alkanes of at least 4 members (excludes halogenated alkanes) is 1. The molecular formula is C30H47Cl2N5O8. The van der Waals surface area contributed by atoms with Gasteiger partial charge in [0.05, 0.1) is 16.1 Å². The van der Waals surface area contributed by atoms with Gasteiger partial charge in [0.15, 0.2) is 12.2 Å². The Hall–Kier alpha value is -3.13. The van der Waals surface area contributed by atoms with E-state index in [4.69, 9.17) is 33.7 Å². The number of rotatable bonds is 18. The monoisotopic (exact) mass is 675 g/mol. The molecule has 0 spiro atoms. The molecule has 0 saturated heterocycles. The van der Waals surface area contributed by atoms with E-state index in [1.165, 1.54) is 19.1 Å². The van der Waals surface area contributed by atoms with Crippen LogP contribution in [0.3, 0.4) is 0 Å². The highest BCUT2D eigenvalue weighted by atomic mass is 35.5. The average molecular weight is 677 g/mol. The first-order valence-electron chi connectivity index (χ1n) is 14.9. The maximum atomic E-state index is 13.3. The highest BCUT2D eigenvalue weighted by molar-refractivity contribution is 6.42. The third-order valence-corrected chi connectivity index (χ3v) is 7.53. The molecule has 0 heterocycles. The van der Waals surface area contributed by atoms with E-state index in [2.05, 4.69) is 21.3 Å². The molecular weight excluding hydrogens is 629 g/mol.